The highest BCUT2D eigenvalue weighted by atomic mass is 16.3. The van der Waals surface area contributed by atoms with Crippen molar-refractivity contribution >= 4 is 16.9 Å². The monoisotopic (exact) mass is 189 g/mol. The summed E-state index contributed by atoms with van der Waals surface area (Å²) in [6.45, 7) is 3.16. The van der Waals surface area contributed by atoms with Crippen molar-refractivity contribution < 1.29 is 4.42 Å². The Morgan fingerprint density at radius 2 is 2.14 bits per heavy atom. The fourth-order valence-electron chi connectivity index (χ4n) is 1.46. The van der Waals surface area contributed by atoms with Gasteiger partial charge in [-0.3, -0.25) is 0 Å². The van der Waals surface area contributed by atoms with Crippen LogP contribution in [0.25, 0.3) is 11.0 Å². The Hall–Kier alpha value is -1.44. The van der Waals surface area contributed by atoms with Gasteiger partial charge in [0.15, 0.2) is 5.88 Å². The Bertz CT molecular complexity index is 372. The molecule has 0 amide bonds. The van der Waals surface area contributed by atoms with Gasteiger partial charge in [-0.2, -0.15) is 0 Å². The maximum Gasteiger partial charge on any atom is 0.194 e. The summed E-state index contributed by atoms with van der Waals surface area (Å²) in [5, 5.41) is 4.43. The van der Waals surface area contributed by atoms with Crippen LogP contribution in [0.5, 0.6) is 0 Å². The fourth-order valence-corrected chi connectivity index (χ4v) is 1.46. The minimum absolute atomic E-state index is 0.875. The maximum absolute atomic E-state index is 5.60. The number of anilines is 1. The van der Waals surface area contributed by atoms with Crippen LogP contribution in [0.2, 0.25) is 0 Å². The highest BCUT2D eigenvalue weighted by molar-refractivity contribution is 5.80. The average Bonchev–Trinajstić information content (AvgIpc) is 2.60. The SMILES string of the molecule is CCCCNc1cc2ccccc2o1. The lowest BCUT2D eigenvalue weighted by atomic mass is 10.3. The van der Waals surface area contributed by atoms with Crippen LogP contribution in [0.1, 0.15) is 19.8 Å². The van der Waals surface area contributed by atoms with Crippen LogP contribution in [-0.2, 0) is 0 Å². The van der Waals surface area contributed by atoms with E-state index in [2.05, 4.69) is 18.3 Å². The minimum atomic E-state index is 0.875. The third-order valence-electron chi connectivity index (χ3n) is 2.26. The Labute approximate surface area is 83.9 Å². The number of fused-ring (bicyclic) bond motifs is 1. The highest BCUT2D eigenvalue weighted by Crippen LogP contribution is 2.22. The molecule has 0 saturated carbocycles. The molecule has 2 nitrogen and oxygen atoms in total. The molecule has 2 heteroatoms. The zero-order valence-electron chi connectivity index (χ0n) is 8.42. The van der Waals surface area contributed by atoms with Crippen molar-refractivity contribution in [2.75, 3.05) is 11.9 Å². The number of para-hydroxylation sites is 1. The lowest BCUT2D eigenvalue weighted by molar-refractivity contribution is 0.623. The molecule has 0 unspecified atom stereocenters. The largest absolute Gasteiger partial charge is 0.441 e. The summed E-state index contributed by atoms with van der Waals surface area (Å²) in [4.78, 5) is 0. The van der Waals surface area contributed by atoms with Crippen LogP contribution in [0.15, 0.2) is 34.7 Å². The van der Waals surface area contributed by atoms with Gasteiger partial charge >= 0.3 is 0 Å². The second kappa shape index (κ2) is 4.18. The van der Waals surface area contributed by atoms with Crippen molar-refractivity contribution in [1.29, 1.82) is 0 Å². The van der Waals surface area contributed by atoms with E-state index >= 15 is 0 Å². The summed E-state index contributed by atoms with van der Waals surface area (Å²) in [5.74, 6) is 0.875. The molecular formula is C12H15NO. The van der Waals surface area contributed by atoms with Crippen LogP contribution < -0.4 is 5.32 Å². The molecule has 1 aromatic carbocycles. The third-order valence-corrected chi connectivity index (χ3v) is 2.26. The molecule has 14 heavy (non-hydrogen) atoms. The van der Waals surface area contributed by atoms with Crippen LogP contribution >= 0.6 is 0 Å². The molecule has 1 aromatic heterocycles. The van der Waals surface area contributed by atoms with Crippen LogP contribution in [0.3, 0.4) is 0 Å². The highest BCUT2D eigenvalue weighted by Gasteiger charge is 2.00. The standard InChI is InChI=1S/C12H15NO/c1-2-3-8-13-12-9-10-6-4-5-7-11(10)14-12/h4-7,9,13H,2-3,8H2,1H3. The van der Waals surface area contributed by atoms with E-state index in [1.165, 1.54) is 12.8 Å². The summed E-state index contributed by atoms with van der Waals surface area (Å²) < 4.78 is 5.60. The van der Waals surface area contributed by atoms with Crippen molar-refractivity contribution in [2.45, 2.75) is 19.8 Å². The summed E-state index contributed by atoms with van der Waals surface area (Å²) >= 11 is 0. The first-order chi connectivity index (χ1) is 6.90. The van der Waals surface area contributed by atoms with Gasteiger partial charge in [0.05, 0.1) is 0 Å². The zero-order chi connectivity index (χ0) is 9.80. The van der Waals surface area contributed by atoms with E-state index in [-0.39, 0.29) is 0 Å². The fraction of sp³-hybridized carbons (Fsp3) is 0.333. The molecule has 0 atom stereocenters. The molecule has 1 N–H and O–H groups in total. The molecule has 74 valence electrons. The minimum Gasteiger partial charge on any atom is -0.441 e. The summed E-state index contributed by atoms with van der Waals surface area (Å²) in [7, 11) is 0. The topological polar surface area (TPSA) is 25.2 Å². The number of nitrogens with one attached hydrogen (secondary N) is 1. The van der Waals surface area contributed by atoms with E-state index in [9.17, 15) is 0 Å². The van der Waals surface area contributed by atoms with Crippen LogP contribution in [0.4, 0.5) is 5.88 Å². The van der Waals surface area contributed by atoms with Gasteiger partial charge in [-0.1, -0.05) is 31.5 Å². The first-order valence-electron chi connectivity index (χ1n) is 5.12. The quantitative estimate of drug-likeness (QED) is 0.743. The third kappa shape index (κ3) is 1.90. The van der Waals surface area contributed by atoms with Gasteiger partial charge < -0.3 is 9.73 Å². The number of unbranched alkanes of at least 4 members (excludes halogenated alkanes) is 1. The molecule has 0 aliphatic carbocycles. The zero-order valence-corrected chi connectivity index (χ0v) is 8.42. The van der Waals surface area contributed by atoms with Gasteiger partial charge in [-0.25, -0.2) is 0 Å². The van der Waals surface area contributed by atoms with Crippen molar-refractivity contribution in [3.63, 3.8) is 0 Å². The van der Waals surface area contributed by atoms with Crippen molar-refractivity contribution in [2.24, 2.45) is 0 Å². The van der Waals surface area contributed by atoms with Crippen molar-refractivity contribution in [3.05, 3.63) is 30.3 Å². The Morgan fingerprint density at radius 3 is 2.93 bits per heavy atom. The molecule has 2 aromatic rings. The normalized spacial score (nSPS) is 10.6. The van der Waals surface area contributed by atoms with E-state index in [1.807, 2.05) is 24.3 Å². The van der Waals surface area contributed by atoms with Crippen LogP contribution in [-0.4, -0.2) is 6.54 Å². The van der Waals surface area contributed by atoms with E-state index < -0.39 is 0 Å². The molecule has 1 heterocycles. The van der Waals surface area contributed by atoms with E-state index in [1.54, 1.807) is 0 Å². The lowest BCUT2D eigenvalue weighted by Gasteiger charge is -1.98. The van der Waals surface area contributed by atoms with Gasteiger partial charge in [0, 0.05) is 18.0 Å². The number of benzene rings is 1. The predicted molar refractivity (Wildman–Crippen MR) is 59.6 cm³/mol. The Balaban J connectivity index is 2.11. The van der Waals surface area contributed by atoms with Gasteiger partial charge in [-0.05, 0) is 12.5 Å². The van der Waals surface area contributed by atoms with E-state index in [0.717, 1.165) is 23.4 Å². The lowest BCUT2D eigenvalue weighted by Crippen LogP contribution is -1.98. The Morgan fingerprint density at radius 1 is 1.29 bits per heavy atom. The van der Waals surface area contributed by atoms with Crippen molar-refractivity contribution in [1.82, 2.24) is 0 Å². The first kappa shape index (κ1) is 9.13. The Kier molecular flexibility index (Phi) is 2.73. The number of hydrogen-bond acceptors (Lipinski definition) is 2. The predicted octanol–water partition coefficient (Wildman–Crippen LogP) is 3.64. The van der Waals surface area contributed by atoms with E-state index in [0.29, 0.717) is 0 Å². The van der Waals surface area contributed by atoms with Gasteiger partial charge in [0.2, 0.25) is 0 Å². The maximum atomic E-state index is 5.60. The average molecular weight is 189 g/mol. The number of rotatable bonds is 4. The molecule has 0 aliphatic rings. The van der Waals surface area contributed by atoms with Gasteiger partial charge in [0.1, 0.15) is 5.58 Å². The molecular weight excluding hydrogens is 174 g/mol. The summed E-state index contributed by atoms with van der Waals surface area (Å²) in [6.07, 6.45) is 2.38. The van der Waals surface area contributed by atoms with Gasteiger partial charge in [0.25, 0.3) is 0 Å². The molecule has 0 saturated heterocycles. The molecule has 0 radical (unpaired) electrons. The first-order valence-corrected chi connectivity index (χ1v) is 5.12. The van der Waals surface area contributed by atoms with Gasteiger partial charge in [-0.15, -0.1) is 0 Å². The molecule has 0 bridgehead atoms. The second-order valence-corrected chi connectivity index (χ2v) is 3.43. The molecule has 0 aliphatic heterocycles. The number of furan rings is 1. The molecule has 0 fully saturated rings. The van der Waals surface area contributed by atoms with Crippen molar-refractivity contribution in [3.8, 4) is 0 Å². The summed E-state index contributed by atoms with van der Waals surface area (Å²) in [6, 6.07) is 10.1. The summed E-state index contributed by atoms with van der Waals surface area (Å²) in [5.41, 5.74) is 0.950. The number of hydrogen-bond donors (Lipinski definition) is 1. The molecule has 2 rings (SSSR count). The van der Waals surface area contributed by atoms with E-state index in [4.69, 9.17) is 4.42 Å². The molecule has 0 spiro atoms. The smallest absolute Gasteiger partial charge is 0.194 e. The second-order valence-electron chi connectivity index (χ2n) is 3.43. The van der Waals surface area contributed by atoms with Crippen LogP contribution in [0, 0.1) is 0 Å².